The van der Waals surface area contributed by atoms with Crippen LogP contribution in [0.1, 0.15) is 36.2 Å². The van der Waals surface area contributed by atoms with Gasteiger partial charge in [0.25, 0.3) is 5.91 Å². The Labute approximate surface area is 131 Å². The molecule has 1 aromatic heterocycles. The smallest absolute Gasteiger partial charge is 0.276 e. The average Bonchev–Trinajstić information content (AvgIpc) is 2.47. The Morgan fingerprint density at radius 1 is 1.48 bits per heavy atom. The minimum absolute atomic E-state index is 0.0139. The van der Waals surface area contributed by atoms with E-state index in [1.165, 1.54) is 18.2 Å². The Balaban J connectivity index is 1.88. The molecule has 0 spiro atoms. The number of benzene rings is 1. The van der Waals surface area contributed by atoms with Crippen molar-refractivity contribution in [2.75, 3.05) is 6.61 Å². The van der Waals surface area contributed by atoms with Crippen LogP contribution in [0.2, 0.25) is 0 Å². The average molecular weight is 319 g/mol. The number of amides is 1. The monoisotopic (exact) mass is 319 g/mol. The second-order valence-corrected chi connectivity index (χ2v) is 5.85. The van der Waals surface area contributed by atoms with Gasteiger partial charge in [-0.05, 0) is 37.3 Å². The van der Waals surface area contributed by atoms with Crippen LogP contribution in [-0.4, -0.2) is 33.9 Å². The molecule has 23 heavy (non-hydrogen) atoms. The molecule has 1 saturated carbocycles. The van der Waals surface area contributed by atoms with E-state index < -0.39 is 17.2 Å². The van der Waals surface area contributed by atoms with Gasteiger partial charge in [-0.2, -0.15) is 5.10 Å². The molecule has 1 aliphatic rings. The zero-order valence-electron chi connectivity index (χ0n) is 12.5. The number of fused-ring (bicyclic) bond motifs is 1. The summed E-state index contributed by atoms with van der Waals surface area (Å²) in [6.45, 7) is -0.0336. The zero-order chi connectivity index (χ0) is 16.4. The Hall–Kier alpha value is -2.28. The van der Waals surface area contributed by atoms with Crippen molar-refractivity contribution in [1.82, 2.24) is 15.5 Å². The summed E-state index contributed by atoms with van der Waals surface area (Å²) in [7, 11) is 0. The zero-order valence-corrected chi connectivity index (χ0v) is 12.5. The molecule has 0 bridgehead atoms. The Morgan fingerprint density at radius 2 is 2.26 bits per heavy atom. The fourth-order valence-corrected chi connectivity index (χ4v) is 2.91. The Kier molecular flexibility index (Phi) is 4.38. The number of para-hydroxylation sites is 1. The number of halogens is 1. The number of aromatic nitrogens is 2. The summed E-state index contributed by atoms with van der Waals surface area (Å²) in [5.74, 6) is -0.863. The normalized spacial score (nSPS) is 16.1. The van der Waals surface area contributed by atoms with Crippen LogP contribution in [0.15, 0.2) is 23.0 Å². The van der Waals surface area contributed by atoms with E-state index in [9.17, 15) is 14.0 Å². The number of hydrogen-bond acceptors (Lipinski definition) is 4. The molecular formula is C16H18FN3O3. The predicted octanol–water partition coefficient (Wildman–Crippen LogP) is 1.34. The summed E-state index contributed by atoms with van der Waals surface area (Å²) >= 11 is 0. The van der Waals surface area contributed by atoms with Crippen LogP contribution in [0.5, 0.6) is 0 Å². The molecule has 0 radical (unpaired) electrons. The van der Waals surface area contributed by atoms with E-state index in [2.05, 4.69) is 15.5 Å². The number of carbonyl (C=O) groups is 1. The molecule has 3 N–H and O–H groups in total. The molecular weight excluding hydrogens is 301 g/mol. The first kappa shape index (κ1) is 15.6. The first-order chi connectivity index (χ1) is 11.1. The van der Waals surface area contributed by atoms with Gasteiger partial charge in [-0.15, -0.1) is 0 Å². The molecule has 1 atom stereocenters. The number of hydrogen-bond donors (Lipinski definition) is 3. The van der Waals surface area contributed by atoms with Crippen molar-refractivity contribution in [2.24, 2.45) is 5.92 Å². The number of H-pyrrole nitrogens is 1. The van der Waals surface area contributed by atoms with E-state index in [-0.39, 0.29) is 29.2 Å². The molecule has 3 rings (SSSR count). The molecule has 1 fully saturated rings. The van der Waals surface area contributed by atoms with Crippen molar-refractivity contribution in [3.63, 3.8) is 0 Å². The van der Waals surface area contributed by atoms with E-state index in [1.54, 1.807) is 0 Å². The van der Waals surface area contributed by atoms with Crippen LogP contribution >= 0.6 is 0 Å². The van der Waals surface area contributed by atoms with Gasteiger partial charge in [0.05, 0.1) is 5.39 Å². The van der Waals surface area contributed by atoms with Gasteiger partial charge in [-0.25, -0.2) is 4.39 Å². The molecule has 122 valence electrons. The third-order valence-electron chi connectivity index (χ3n) is 4.44. The maximum atomic E-state index is 13.6. The van der Waals surface area contributed by atoms with E-state index >= 15 is 0 Å². The Morgan fingerprint density at radius 3 is 2.91 bits per heavy atom. The van der Waals surface area contributed by atoms with Crippen molar-refractivity contribution in [3.8, 4) is 0 Å². The van der Waals surface area contributed by atoms with Gasteiger partial charge in [0, 0.05) is 12.6 Å². The van der Waals surface area contributed by atoms with E-state index in [0.717, 1.165) is 19.3 Å². The molecule has 0 aliphatic heterocycles. The van der Waals surface area contributed by atoms with Gasteiger partial charge in [0.15, 0.2) is 5.69 Å². The maximum Gasteiger partial charge on any atom is 0.276 e. The summed E-state index contributed by atoms with van der Waals surface area (Å²) < 4.78 is 13.6. The van der Waals surface area contributed by atoms with Gasteiger partial charge in [0.2, 0.25) is 5.43 Å². The summed E-state index contributed by atoms with van der Waals surface area (Å²) in [5.41, 5.74) is -0.905. The number of aliphatic hydroxyl groups is 1. The lowest BCUT2D eigenvalue weighted by molar-refractivity contribution is 0.0876. The molecule has 0 saturated heterocycles. The van der Waals surface area contributed by atoms with E-state index in [0.29, 0.717) is 12.3 Å². The van der Waals surface area contributed by atoms with Crippen molar-refractivity contribution in [1.29, 1.82) is 0 Å². The van der Waals surface area contributed by atoms with E-state index in [1.807, 2.05) is 0 Å². The molecule has 1 aliphatic carbocycles. The lowest BCUT2D eigenvalue weighted by Crippen LogP contribution is -2.45. The van der Waals surface area contributed by atoms with Crippen molar-refractivity contribution in [3.05, 3.63) is 39.9 Å². The van der Waals surface area contributed by atoms with Gasteiger partial charge in [-0.3, -0.25) is 14.7 Å². The number of nitrogens with one attached hydrogen (secondary N) is 2. The Bertz CT molecular complexity index is 786. The number of rotatable bonds is 5. The maximum absolute atomic E-state index is 13.6. The second kappa shape index (κ2) is 6.45. The largest absolute Gasteiger partial charge is 0.396 e. The fraction of sp³-hybridized carbons (Fsp3) is 0.438. The first-order valence-corrected chi connectivity index (χ1v) is 7.70. The van der Waals surface area contributed by atoms with Crippen LogP contribution in [0.3, 0.4) is 0 Å². The van der Waals surface area contributed by atoms with Gasteiger partial charge in [-0.1, -0.05) is 12.5 Å². The molecule has 6 nitrogen and oxygen atoms in total. The SMILES string of the molecule is O=C(NC(CCO)C1CCC1)c1n[nH]c2c(F)cccc2c1=O. The highest BCUT2D eigenvalue weighted by atomic mass is 19.1. The topological polar surface area (TPSA) is 95.1 Å². The summed E-state index contributed by atoms with van der Waals surface area (Å²) in [4.78, 5) is 24.7. The summed E-state index contributed by atoms with van der Waals surface area (Å²) in [5, 5.41) is 18.2. The number of aromatic amines is 1. The summed E-state index contributed by atoms with van der Waals surface area (Å²) in [6.07, 6.45) is 3.54. The number of nitrogens with zero attached hydrogens (tertiary/aromatic N) is 1. The third kappa shape index (κ3) is 2.96. The minimum atomic E-state index is -0.605. The van der Waals surface area contributed by atoms with Gasteiger partial charge in [0.1, 0.15) is 11.3 Å². The third-order valence-corrected chi connectivity index (χ3v) is 4.44. The van der Waals surface area contributed by atoms with Crippen LogP contribution in [-0.2, 0) is 0 Å². The van der Waals surface area contributed by atoms with Gasteiger partial charge < -0.3 is 10.4 Å². The van der Waals surface area contributed by atoms with Crippen LogP contribution in [0.25, 0.3) is 10.9 Å². The van der Waals surface area contributed by atoms with Crippen LogP contribution in [0.4, 0.5) is 4.39 Å². The van der Waals surface area contributed by atoms with Crippen molar-refractivity contribution in [2.45, 2.75) is 31.7 Å². The van der Waals surface area contributed by atoms with Crippen LogP contribution < -0.4 is 10.7 Å². The fourth-order valence-electron chi connectivity index (χ4n) is 2.91. The molecule has 1 aromatic carbocycles. The second-order valence-electron chi connectivity index (χ2n) is 5.85. The van der Waals surface area contributed by atoms with Crippen LogP contribution in [0, 0.1) is 11.7 Å². The lowest BCUT2D eigenvalue weighted by Gasteiger charge is -2.33. The minimum Gasteiger partial charge on any atom is -0.396 e. The predicted molar refractivity (Wildman–Crippen MR) is 82.6 cm³/mol. The molecule has 7 heteroatoms. The molecule has 2 aromatic rings. The van der Waals surface area contributed by atoms with Crippen molar-refractivity contribution < 1.29 is 14.3 Å². The van der Waals surface area contributed by atoms with Gasteiger partial charge >= 0.3 is 0 Å². The quantitative estimate of drug-likeness (QED) is 0.775. The highest BCUT2D eigenvalue weighted by Crippen LogP contribution is 2.30. The first-order valence-electron chi connectivity index (χ1n) is 7.70. The molecule has 1 amide bonds. The molecule has 1 heterocycles. The highest BCUT2D eigenvalue weighted by molar-refractivity contribution is 5.95. The molecule has 1 unspecified atom stereocenters. The highest BCUT2D eigenvalue weighted by Gasteiger charge is 2.29. The number of carbonyl (C=O) groups excluding carboxylic acids is 1. The van der Waals surface area contributed by atoms with Crippen molar-refractivity contribution >= 4 is 16.8 Å². The van der Waals surface area contributed by atoms with E-state index in [4.69, 9.17) is 5.11 Å². The summed E-state index contributed by atoms with van der Waals surface area (Å²) in [6, 6.07) is 3.91. The number of aliphatic hydroxyl groups excluding tert-OH is 1. The standard InChI is InChI=1S/C16H18FN3O3/c17-11-6-2-5-10-13(11)19-20-14(15(10)22)16(23)18-12(7-8-21)9-3-1-4-9/h2,5-6,9,12,21H,1,3-4,7-8H2,(H,18,23)(H,19,22). The lowest BCUT2D eigenvalue weighted by atomic mass is 9.78.